The van der Waals surface area contributed by atoms with Gasteiger partial charge in [-0.1, -0.05) is 0 Å². The molecule has 0 N–H and O–H groups in total. The van der Waals surface area contributed by atoms with Gasteiger partial charge in [0.1, 0.15) is 24.3 Å². The van der Waals surface area contributed by atoms with E-state index in [0.29, 0.717) is 28.0 Å². The lowest BCUT2D eigenvalue weighted by molar-refractivity contribution is 1.42. The van der Waals surface area contributed by atoms with Crippen molar-refractivity contribution in [1.29, 1.82) is 26.3 Å². The Balaban J connectivity index is 2.46. The van der Waals surface area contributed by atoms with Gasteiger partial charge in [-0.15, -0.1) is 0 Å². The minimum absolute atomic E-state index is 0.177. The van der Waals surface area contributed by atoms with Crippen molar-refractivity contribution in [3.8, 4) is 41.6 Å². The van der Waals surface area contributed by atoms with Crippen molar-refractivity contribution in [2.24, 2.45) is 4.99 Å². The van der Waals surface area contributed by atoms with Crippen LogP contribution < -0.4 is 0 Å². The van der Waals surface area contributed by atoms with Gasteiger partial charge in [0.05, 0.1) is 28.0 Å². The van der Waals surface area contributed by atoms with Crippen LogP contribution in [0.1, 0.15) is 33.4 Å². The highest BCUT2D eigenvalue weighted by Gasteiger charge is 2.28. The smallest absolute Gasteiger partial charge is 0.192 e. The van der Waals surface area contributed by atoms with E-state index in [-0.39, 0.29) is 22.3 Å². The summed E-state index contributed by atoms with van der Waals surface area (Å²) >= 11 is 0. The zero-order chi connectivity index (χ0) is 17.3. The molecule has 6 nitrogen and oxygen atoms in total. The van der Waals surface area contributed by atoms with Crippen molar-refractivity contribution in [3.05, 3.63) is 57.6 Å². The lowest BCUT2D eigenvalue weighted by atomic mass is 9.97. The standard InChI is InChI=1S/C18H4N6/c19-5-10-1-14-15-2-11(6-20)13(8-22)4-17(15)18(24-9-23)16(14)3-12(10)7-21/h1-4H. The van der Waals surface area contributed by atoms with Crippen LogP contribution in [0.4, 0.5) is 0 Å². The number of hydrogen-bond acceptors (Lipinski definition) is 6. The first-order valence-electron chi connectivity index (χ1n) is 6.62. The molecule has 24 heavy (non-hydrogen) atoms. The highest BCUT2D eigenvalue weighted by molar-refractivity contribution is 6.25. The van der Waals surface area contributed by atoms with Crippen LogP contribution >= 0.6 is 0 Å². The van der Waals surface area contributed by atoms with Gasteiger partial charge in [0.2, 0.25) is 6.19 Å². The molecular formula is C18H4N6. The molecule has 0 saturated carbocycles. The summed E-state index contributed by atoms with van der Waals surface area (Å²) < 4.78 is 0. The van der Waals surface area contributed by atoms with E-state index < -0.39 is 0 Å². The molecule has 0 radical (unpaired) electrons. The van der Waals surface area contributed by atoms with Crippen LogP contribution in [0, 0.1) is 56.8 Å². The van der Waals surface area contributed by atoms with Crippen LogP contribution in [0.15, 0.2) is 29.3 Å². The Bertz CT molecular complexity index is 1070. The van der Waals surface area contributed by atoms with Gasteiger partial charge in [0, 0.05) is 11.1 Å². The molecule has 0 amide bonds. The van der Waals surface area contributed by atoms with E-state index in [2.05, 4.69) is 4.99 Å². The molecule has 0 saturated heterocycles. The normalized spacial score (nSPS) is 10.2. The van der Waals surface area contributed by atoms with Crippen LogP contribution in [0.3, 0.4) is 0 Å². The summed E-state index contributed by atoms with van der Waals surface area (Å²) in [5, 5.41) is 45.7. The Hall–Kier alpha value is -4.44. The van der Waals surface area contributed by atoms with E-state index in [1.54, 1.807) is 18.3 Å². The van der Waals surface area contributed by atoms with E-state index in [9.17, 15) is 21.0 Å². The number of fused-ring (bicyclic) bond motifs is 3. The van der Waals surface area contributed by atoms with Gasteiger partial charge in [0.15, 0.2) is 0 Å². The number of rotatable bonds is 0. The molecule has 2 aromatic carbocycles. The van der Waals surface area contributed by atoms with Crippen LogP contribution in [-0.2, 0) is 0 Å². The molecule has 3 rings (SSSR count). The molecule has 106 valence electrons. The number of hydrogen-bond donors (Lipinski definition) is 0. The summed E-state index contributed by atoms with van der Waals surface area (Å²) in [6.45, 7) is 0. The molecular weight excluding hydrogens is 300 g/mol. The number of nitrogens with zero attached hydrogens (tertiary/aromatic N) is 6. The molecule has 0 aliphatic heterocycles. The fraction of sp³-hybridized carbons (Fsp3) is 0. The second kappa shape index (κ2) is 5.40. The average Bonchev–Trinajstić information content (AvgIpc) is 2.91. The molecule has 1 aliphatic rings. The van der Waals surface area contributed by atoms with E-state index in [1.165, 1.54) is 12.1 Å². The Morgan fingerprint density at radius 1 is 0.542 bits per heavy atom. The van der Waals surface area contributed by atoms with Gasteiger partial charge in [-0.25, -0.2) is 0 Å². The highest BCUT2D eigenvalue weighted by atomic mass is 14.7. The van der Waals surface area contributed by atoms with E-state index in [0.717, 1.165) is 0 Å². The molecule has 6 heteroatoms. The first-order valence-corrected chi connectivity index (χ1v) is 6.62. The van der Waals surface area contributed by atoms with Crippen molar-refractivity contribution in [3.63, 3.8) is 0 Å². The first-order chi connectivity index (χ1) is 11.7. The SMILES string of the molecule is N#CN=C1c2cc(C#N)c(C#N)cc2-c2cc(C#N)c(C#N)cc21. The molecule has 0 heterocycles. The van der Waals surface area contributed by atoms with E-state index in [1.807, 2.05) is 24.3 Å². The minimum atomic E-state index is 0.177. The van der Waals surface area contributed by atoms with Gasteiger partial charge >= 0.3 is 0 Å². The summed E-state index contributed by atoms with van der Waals surface area (Å²) in [6.07, 6.45) is 1.72. The zero-order valence-electron chi connectivity index (χ0n) is 12.0. The first kappa shape index (κ1) is 14.5. The monoisotopic (exact) mass is 304 g/mol. The molecule has 2 aromatic rings. The quantitative estimate of drug-likeness (QED) is 0.588. The van der Waals surface area contributed by atoms with Gasteiger partial charge in [-0.2, -0.15) is 31.3 Å². The maximum Gasteiger partial charge on any atom is 0.206 e. The van der Waals surface area contributed by atoms with Gasteiger partial charge < -0.3 is 0 Å². The third-order valence-corrected chi connectivity index (χ3v) is 3.76. The van der Waals surface area contributed by atoms with Crippen molar-refractivity contribution in [2.75, 3.05) is 0 Å². The fourth-order valence-corrected chi connectivity index (χ4v) is 2.72. The Labute approximate surface area is 137 Å². The number of aliphatic imine (C=N–C) groups is 1. The molecule has 0 spiro atoms. The summed E-state index contributed by atoms with van der Waals surface area (Å²) in [5.41, 5.74) is 3.34. The Morgan fingerprint density at radius 3 is 1.17 bits per heavy atom. The van der Waals surface area contributed by atoms with E-state index >= 15 is 0 Å². The predicted molar refractivity (Wildman–Crippen MR) is 82.0 cm³/mol. The lowest BCUT2D eigenvalue weighted by Gasteiger charge is -2.03. The topological polar surface area (TPSA) is 131 Å². The third kappa shape index (κ3) is 1.88. The maximum atomic E-state index is 9.20. The molecule has 0 unspecified atom stereocenters. The van der Waals surface area contributed by atoms with Gasteiger partial charge in [-0.05, 0) is 35.4 Å². The van der Waals surface area contributed by atoms with Crippen molar-refractivity contribution in [2.45, 2.75) is 0 Å². The van der Waals surface area contributed by atoms with Gasteiger partial charge in [0.25, 0.3) is 0 Å². The molecule has 0 fully saturated rings. The zero-order valence-corrected chi connectivity index (χ0v) is 12.0. The Kier molecular flexibility index (Phi) is 3.26. The third-order valence-electron chi connectivity index (χ3n) is 3.76. The molecule has 0 bridgehead atoms. The maximum absolute atomic E-state index is 9.20. The summed E-state index contributed by atoms with van der Waals surface area (Å²) in [5.74, 6) is 0. The summed E-state index contributed by atoms with van der Waals surface area (Å²) in [7, 11) is 0. The minimum Gasteiger partial charge on any atom is -0.192 e. The largest absolute Gasteiger partial charge is 0.206 e. The van der Waals surface area contributed by atoms with Crippen LogP contribution in [-0.4, -0.2) is 5.71 Å². The average molecular weight is 304 g/mol. The van der Waals surface area contributed by atoms with E-state index in [4.69, 9.17) is 5.26 Å². The highest BCUT2D eigenvalue weighted by Crippen LogP contribution is 2.40. The molecule has 1 aliphatic carbocycles. The van der Waals surface area contributed by atoms with Gasteiger partial charge in [-0.3, -0.25) is 0 Å². The van der Waals surface area contributed by atoms with Crippen molar-refractivity contribution < 1.29 is 0 Å². The summed E-state index contributed by atoms with van der Waals surface area (Å²) in [6, 6.07) is 13.9. The van der Waals surface area contributed by atoms with Crippen LogP contribution in [0.2, 0.25) is 0 Å². The lowest BCUT2D eigenvalue weighted by Crippen LogP contribution is -2.00. The number of nitriles is 5. The second-order valence-corrected chi connectivity index (χ2v) is 4.89. The number of benzene rings is 2. The fourth-order valence-electron chi connectivity index (χ4n) is 2.72. The molecule has 0 aromatic heterocycles. The van der Waals surface area contributed by atoms with Crippen molar-refractivity contribution >= 4 is 5.71 Å². The predicted octanol–water partition coefficient (Wildman–Crippen LogP) is 2.47. The van der Waals surface area contributed by atoms with Crippen molar-refractivity contribution in [1.82, 2.24) is 0 Å². The second-order valence-electron chi connectivity index (χ2n) is 4.89. The van der Waals surface area contributed by atoms with Crippen LogP contribution in [0.25, 0.3) is 11.1 Å². The van der Waals surface area contributed by atoms with Crippen LogP contribution in [0.5, 0.6) is 0 Å². The Morgan fingerprint density at radius 2 is 0.875 bits per heavy atom. The summed E-state index contributed by atoms with van der Waals surface area (Å²) in [4.78, 5) is 3.81. The molecule has 0 atom stereocenters.